The second kappa shape index (κ2) is 4.64. The second-order valence-corrected chi connectivity index (χ2v) is 3.91. The second-order valence-electron chi connectivity index (χ2n) is 2.75. The molecule has 0 bridgehead atoms. The fraction of sp³-hybridized carbons (Fsp3) is 0.182. The summed E-state index contributed by atoms with van der Waals surface area (Å²) >= 11 is 2.20. The monoisotopic (exact) mass is 285 g/mol. The third-order valence-corrected chi connectivity index (χ3v) is 2.75. The highest BCUT2D eigenvalue weighted by Gasteiger charge is 2.10. The fourth-order valence-electron chi connectivity index (χ4n) is 1.11. The van der Waals surface area contributed by atoms with Crippen molar-refractivity contribution in [2.75, 3.05) is 6.61 Å². The predicted molar refractivity (Wildman–Crippen MR) is 62.2 cm³/mol. The molecule has 1 rings (SSSR count). The van der Waals surface area contributed by atoms with E-state index in [0.717, 1.165) is 20.6 Å². The molecule has 2 heteroatoms. The molecule has 67 valence electrons. The van der Waals surface area contributed by atoms with Gasteiger partial charge in [0.05, 0.1) is 6.61 Å². The first-order chi connectivity index (χ1) is 6.20. The number of benzene rings is 1. The molecule has 1 N–H and O–H groups in total. The normalized spacial score (nSPS) is 10.1. The van der Waals surface area contributed by atoms with E-state index in [1.54, 1.807) is 0 Å². The van der Waals surface area contributed by atoms with E-state index in [4.69, 9.17) is 11.5 Å². The van der Waals surface area contributed by atoms with Crippen LogP contribution >= 0.6 is 22.6 Å². The zero-order valence-corrected chi connectivity index (χ0v) is 9.50. The first-order valence-electron chi connectivity index (χ1n) is 3.89. The van der Waals surface area contributed by atoms with Crippen molar-refractivity contribution in [3.8, 4) is 12.3 Å². The topological polar surface area (TPSA) is 20.2 Å². The Bertz CT molecular complexity index is 338. The summed E-state index contributed by atoms with van der Waals surface area (Å²) in [4.78, 5) is 0. The summed E-state index contributed by atoms with van der Waals surface area (Å²) in [5.41, 5.74) is 1.84. The highest BCUT2D eigenvalue weighted by Crippen LogP contribution is 2.22. The van der Waals surface area contributed by atoms with Gasteiger partial charge >= 0.3 is 0 Å². The highest BCUT2D eigenvalue weighted by atomic mass is 127. The van der Waals surface area contributed by atoms with E-state index in [1.165, 1.54) is 0 Å². The molecule has 0 aliphatic heterocycles. The smallest absolute Gasteiger partial charge is 0.0535 e. The average molecular weight is 285 g/mol. The Morgan fingerprint density at radius 2 is 2.31 bits per heavy atom. The van der Waals surface area contributed by atoms with Gasteiger partial charge in [0.1, 0.15) is 0 Å². The minimum Gasteiger partial charge on any atom is -0.395 e. The summed E-state index contributed by atoms with van der Waals surface area (Å²) in [7, 11) is 0. The molecule has 1 radical (unpaired) electrons. The Labute approximate surface area is 92.3 Å². The lowest BCUT2D eigenvalue weighted by Gasteiger charge is -2.11. The van der Waals surface area contributed by atoms with E-state index in [9.17, 15) is 0 Å². The molecule has 0 aromatic heterocycles. The van der Waals surface area contributed by atoms with Crippen molar-refractivity contribution in [2.45, 2.75) is 6.92 Å². The molecule has 0 fully saturated rings. The molecule has 0 aliphatic rings. The molecule has 1 aromatic rings. The number of hydrogen-bond donors (Lipinski definition) is 1. The van der Waals surface area contributed by atoms with Crippen molar-refractivity contribution < 1.29 is 5.11 Å². The van der Waals surface area contributed by atoms with Crippen LogP contribution in [0.15, 0.2) is 18.2 Å². The molecule has 1 aromatic carbocycles. The maximum atomic E-state index is 8.99. The Balaban J connectivity index is 3.22. The molecule has 1 nitrogen and oxygen atoms in total. The maximum Gasteiger partial charge on any atom is 0.0535 e. The van der Waals surface area contributed by atoms with E-state index < -0.39 is 0 Å². The largest absolute Gasteiger partial charge is 0.395 e. The van der Waals surface area contributed by atoms with Crippen molar-refractivity contribution in [3.63, 3.8) is 0 Å². The number of hydrogen-bond acceptors (Lipinski definition) is 1. The van der Waals surface area contributed by atoms with Crippen LogP contribution in [-0.2, 0) is 0 Å². The van der Waals surface area contributed by atoms with Crippen molar-refractivity contribution in [2.24, 2.45) is 0 Å². The molecule has 0 amide bonds. The first-order valence-corrected chi connectivity index (χ1v) is 4.97. The lowest BCUT2D eigenvalue weighted by Crippen LogP contribution is -2.03. The van der Waals surface area contributed by atoms with Gasteiger partial charge in [-0.2, -0.15) is 0 Å². The summed E-state index contributed by atoms with van der Waals surface area (Å²) < 4.78 is 1.05. The standard InChI is InChI=1S/C11H10IO/c1-3-9-10(8(2)7-13)5-4-6-11(9)12/h1,4-6,13H,7H2,2H3. The zero-order valence-electron chi connectivity index (χ0n) is 7.34. The highest BCUT2D eigenvalue weighted by molar-refractivity contribution is 14.1. The SMILES string of the molecule is C#Cc1c(I)cccc1[C](C)CO. The summed E-state index contributed by atoms with van der Waals surface area (Å²) in [6, 6.07) is 5.84. The lowest BCUT2D eigenvalue weighted by molar-refractivity contribution is 0.315. The van der Waals surface area contributed by atoms with Crippen molar-refractivity contribution in [3.05, 3.63) is 38.8 Å². The van der Waals surface area contributed by atoms with Crippen LogP contribution in [0.1, 0.15) is 18.1 Å². The first kappa shape index (κ1) is 10.6. The van der Waals surface area contributed by atoms with Gasteiger partial charge in [0, 0.05) is 15.1 Å². The van der Waals surface area contributed by atoms with E-state index in [1.807, 2.05) is 25.1 Å². The van der Waals surface area contributed by atoms with E-state index in [-0.39, 0.29) is 6.61 Å². The van der Waals surface area contributed by atoms with Crippen LogP contribution in [0.4, 0.5) is 0 Å². The van der Waals surface area contributed by atoms with Gasteiger partial charge in [-0.3, -0.25) is 0 Å². The molecule has 0 saturated heterocycles. The molecule has 0 atom stereocenters. The summed E-state index contributed by atoms with van der Waals surface area (Å²) in [5.74, 6) is 3.55. The van der Waals surface area contributed by atoms with Crippen molar-refractivity contribution in [1.82, 2.24) is 0 Å². The molecule has 0 unspecified atom stereocenters. The van der Waals surface area contributed by atoms with Crippen LogP contribution in [-0.4, -0.2) is 11.7 Å². The van der Waals surface area contributed by atoms with Crippen LogP contribution in [0.5, 0.6) is 0 Å². The zero-order chi connectivity index (χ0) is 9.84. The molecule has 13 heavy (non-hydrogen) atoms. The van der Waals surface area contributed by atoms with Crippen molar-refractivity contribution in [1.29, 1.82) is 0 Å². The third kappa shape index (κ3) is 2.23. The number of aliphatic hydroxyl groups is 1. The minimum absolute atomic E-state index is 0.0504. The predicted octanol–water partition coefficient (Wildman–Crippen LogP) is 2.21. The van der Waals surface area contributed by atoms with Gasteiger partial charge in [-0.05, 0) is 34.2 Å². The molecule has 0 aliphatic carbocycles. The number of rotatable bonds is 2. The quantitative estimate of drug-likeness (QED) is 0.652. The van der Waals surface area contributed by atoms with Gasteiger partial charge in [0.2, 0.25) is 0 Å². The van der Waals surface area contributed by atoms with Gasteiger partial charge in [-0.1, -0.05) is 25.0 Å². The Hall–Kier alpha value is -0.530. The molecule has 0 heterocycles. The summed E-state index contributed by atoms with van der Waals surface area (Å²) in [5, 5.41) is 8.99. The van der Waals surface area contributed by atoms with Crippen molar-refractivity contribution >= 4 is 22.6 Å². The van der Waals surface area contributed by atoms with Gasteiger partial charge in [-0.25, -0.2) is 0 Å². The molecular formula is C11H10IO. The van der Waals surface area contributed by atoms with Gasteiger partial charge in [0.15, 0.2) is 0 Å². The molecule has 0 spiro atoms. The molecule has 0 saturated carbocycles. The van der Waals surface area contributed by atoms with Gasteiger partial charge in [0.25, 0.3) is 0 Å². The van der Waals surface area contributed by atoms with Gasteiger partial charge < -0.3 is 5.11 Å². The van der Waals surface area contributed by atoms with Crippen LogP contribution in [0, 0.1) is 21.8 Å². The number of halogens is 1. The van der Waals surface area contributed by atoms with Crippen LogP contribution in [0.2, 0.25) is 0 Å². The fourth-order valence-corrected chi connectivity index (χ4v) is 1.77. The van der Waals surface area contributed by atoms with Crippen LogP contribution in [0.25, 0.3) is 0 Å². The molecular weight excluding hydrogens is 275 g/mol. The summed E-state index contributed by atoms with van der Waals surface area (Å²) in [6.07, 6.45) is 5.39. The number of aliphatic hydroxyl groups excluding tert-OH is 1. The average Bonchev–Trinajstić information content (AvgIpc) is 2.16. The van der Waals surface area contributed by atoms with E-state index in [2.05, 4.69) is 28.5 Å². The lowest BCUT2D eigenvalue weighted by atomic mass is 9.97. The number of terminal acetylenes is 1. The third-order valence-electron chi connectivity index (χ3n) is 1.85. The van der Waals surface area contributed by atoms with Gasteiger partial charge in [-0.15, -0.1) is 6.42 Å². The Morgan fingerprint density at radius 3 is 2.85 bits per heavy atom. The minimum atomic E-state index is 0.0504. The Morgan fingerprint density at radius 1 is 1.62 bits per heavy atom. The van der Waals surface area contributed by atoms with E-state index >= 15 is 0 Å². The van der Waals surface area contributed by atoms with Crippen LogP contribution < -0.4 is 0 Å². The van der Waals surface area contributed by atoms with Crippen LogP contribution in [0.3, 0.4) is 0 Å². The summed E-state index contributed by atoms with van der Waals surface area (Å²) in [6.45, 7) is 1.93. The Kier molecular flexibility index (Phi) is 3.76. The maximum absolute atomic E-state index is 8.99. The van der Waals surface area contributed by atoms with E-state index in [0.29, 0.717) is 0 Å².